The lowest BCUT2D eigenvalue weighted by molar-refractivity contribution is 0.580. The lowest BCUT2D eigenvalue weighted by Crippen LogP contribution is -2.18. The number of anilines is 1. The van der Waals surface area contributed by atoms with Gasteiger partial charge in [-0.2, -0.15) is 0 Å². The minimum absolute atomic E-state index is 0.302. The molecular weight excluding hydrogens is 242 g/mol. The molecule has 0 aliphatic carbocycles. The third-order valence-electron chi connectivity index (χ3n) is 2.99. The number of thiazole rings is 1. The van der Waals surface area contributed by atoms with Crippen LogP contribution in [0.25, 0.3) is 0 Å². The lowest BCUT2D eigenvalue weighted by atomic mass is 10.1. The summed E-state index contributed by atoms with van der Waals surface area (Å²) in [7, 11) is 0. The van der Waals surface area contributed by atoms with Gasteiger partial charge in [-0.3, -0.25) is 0 Å². The lowest BCUT2D eigenvalue weighted by Gasteiger charge is -2.14. The zero-order chi connectivity index (χ0) is 13.1. The van der Waals surface area contributed by atoms with E-state index >= 15 is 0 Å². The van der Waals surface area contributed by atoms with Gasteiger partial charge in [-0.15, -0.1) is 11.3 Å². The summed E-state index contributed by atoms with van der Waals surface area (Å²) in [5.74, 6) is 0. The van der Waals surface area contributed by atoms with Crippen molar-refractivity contribution in [1.29, 1.82) is 0 Å². The first kappa shape index (κ1) is 13.1. The van der Waals surface area contributed by atoms with Crippen molar-refractivity contribution in [1.82, 2.24) is 10.3 Å². The van der Waals surface area contributed by atoms with Crippen LogP contribution in [0.3, 0.4) is 0 Å². The van der Waals surface area contributed by atoms with Crippen LogP contribution < -0.4 is 11.1 Å². The highest BCUT2D eigenvalue weighted by Crippen LogP contribution is 2.24. The van der Waals surface area contributed by atoms with Crippen LogP contribution >= 0.6 is 11.3 Å². The molecule has 3 nitrogen and oxygen atoms in total. The number of aromatic nitrogens is 1. The minimum Gasteiger partial charge on any atom is -0.398 e. The zero-order valence-electron chi connectivity index (χ0n) is 11.0. The van der Waals surface area contributed by atoms with Crippen LogP contribution in [-0.2, 0) is 6.54 Å². The first-order valence-corrected chi connectivity index (χ1v) is 6.90. The Labute approximate surface area is 112 Å². The van der Waals surface area contributed by atoms with Crippen molar-refractivity contribution in [3.05, 3.63) is 45.4 Å². The Morgan fingerprint density at radius 1 is 1.33 bits per heavy atom. The fraction of sp³-hybridized carbons (Fsp3) is 0.357. The van der Waals surface area contributed by atoms with Gasteiger partial charge in [0.15, 0.2) is 0 Å². The van der Waals surface area contributed by atoms with E-state index in [0.29, 0.717) is 6.04 Å². The molecule has 1 unspecified atom stereocenters. The summed E-state index contributed by atoms with van der Waals surface area (Å²) >= 11 is 1.76. The fourth-order valence-corrected chi connectivity index (χ4v) is 2.95. The molecule has 0 bridgehead atoms. The Morgan fingerprint density at radius 2 is 2.06 bits per heavy atom. The van der Waals surface area contributed by atoms with E-state index < -0.39 is 0 Å². The second kappa shape index (κ2) is 5.50. The van der Waals surface area contributed by atoms with Gasteiger partial charge in [0.1, 0.15) is 0 Å². The summed E-state index contributed by atoms with van der Waals surface area (Å²) in [6.45, 7) is 7.06. The SMILES string of the molecule is Cc1nc(C)c(C(C)NCc2ccccc2N)s1. The molecule has 4 heteroatoms. The molecule has 1 aromatic heterocycles. The first-order chi connectivity index (χ1) is 8.58. The number of hydrogen-bond donors (Lipinski definition) is 2. The maximum absolute atomic E-state index is 5.93. The summed E-state index contributed by atoms with van der Waals surface area (Å²) in [6.07, 6.45) is 0. The molecule has 1 aromatic carbocycles. The van der Waals surface area contributed by atoms with Crippen molar-refractivity contribution in [2.24, 2.45) is 0 Å². The number of nitrogen functional groups attached to an aromatic ring is 1. The van der Waals surface area contributed by atoms with Crippen molar-refractivity contribution in [2.75, 3.05) is 5.73 Å². The summed E-state index contributed by atoms with van der Waals surface area (Å²) < 4.78 is 0. The standard InChI is InChI=1S/C14H19N3S/c1-9(14-10(2)17-11(3)18-14)16-8-12-6-4-5-7-13(12)15/h4-7,9,16H,8,15H2,1-3H3. The van der Waals surface area contributed by atoms with Gasteiger partial charge >= 0.3 is 0 Å². The number of nitrogens with zero attached hydrogens (tertiary/aromatic N) is 1. The molecule has 2 rings (SSSR count). The average molecular weight is 261 g/mol. The molecule has 18 heavy (non-hydrogen) atoms. The minimum atomic E-state index is 0.302. The Morgan fingerprint density at radius 3 is 2.67 bits per heavy atom. The molecule has 1 atom stereocenters. The monoisotopic (exact) mass is 261 g/mol. The molecule has 0 saturated heterocycles. The number of hydrogen-bond acceptors (Lipinski definition) is 4. The summed E-state index contributed by atoms with van der Waals surface area (Å²) in [5.41, 5.74) is 9.04. The molecule has 0 fully saturated rings. The highest BCUT2D eigenvalue weighted by atomic mass is 32.1. The van der Waals surface area contributed by atoms with E-state index in [1.165, 1.54) is 4.88 Å². The van der Waals surface area contributed by atoms with Crippen LogP contribution in [-0.4, -0.2) is 4.98 Å². The molecule has 3 N–H and O–H groups in total. The third-order valence-corrected chi connectivity index (χ3v) is 4.24. The smallest absolute Gasteiger partial charge is 0.0900 e. The van der Waals surface area contributed by atoms with Gasteiger partial charge in [0.2, 0.25) is 0 Å². The van der Waals surface area contributed by atoms with E-state index in [-0.39, 0.29) is 0 Å². The highest BCUT2D eigenvalue weighted by Gasteiger charge is 2.12. The molecule has 0 amide bonds. The Balaban J connectivity index is 2.03. The van der Waals surface area contributed by atoms with Gasteiger partial charge in [-0.25, -0.2) is 4.98 Å². The molecule has 2 aromatic rings. The zero-order valence-corrected chi connectivity index (χ0v) is 11.8. The second-order valence-electron chi connectivity index (χ2n) is 4.48. The molecular formula is C14H19N3S. The second-order valence-corrected chi connectivity index (χ2v) is 5.72. The molecule has 0 spiro atoms. The first-order valence-electron chi connectivity index (χ1n) is 6.08. The molecule has 1 heterocycles. The highest BCUT2D eigenvalue weighted by molar-refractivity contribution is 7.11. The molecule has 0 saturated carbocycles. The van der Waals surface area contributed by atoms with Crippen molar-refractivity contribution in [2.45, 2.75) is 33.4 Å². The quantitative estimate of drug-likeness (QED) is 0.831. The summed E-state index contributed by atoms with van der Waals surface area (Å²) in [6, 6.07) is 8.26. The largest absolute Gasteiger partial charge is 0.398 e. The van der Waals surface area contributed by atoms with Crippen molar-refractivity contribution < 1.29 is 0 Å². The number of para-hydroxylation sites is 1. The number of aryl methyl sites for hydroxylation is 2. The van der Waals surface area contributed by atoms with Crippen LogP contribution in [0.2, 0.25) is 0 Å². The van der Waals surface area contributed by atoms with Gasteiger partial charge in [0.25, 0.3) is 0 Å². The van der Waals surface area contributed by atoms with Crippen LogP contribution in [0.15, 0.2) is 24.3 Å². The fourth-order valence-electron chi connectivity index (χ4n) is 2.00. The Hall–Kier alpha value is -1.39. The van der Waals surface area contributed by atoms with Crippen molar-refractivity contribution in [3.63, 3.8) is 0 Å². The van der Waals surface area contributed by atoms with Crippen LogP contribution in [0.5, 0.6) is 0 Å². The predicted molar refractivity (Wildman–Crippen MR) is 77.7 cm³/mol. The van der Waals surface area contributed by atoms with Gasteiger partial charge in [0.05, 0.1) is 10.7 Å². The molecule has 0 aliphatic heterocycles. The van der Waals surface area contributed by atoms with E-state index in [4.69, 9.17) is 5.73 Å². The maximum atomic E-state index is 5.93. The van der Waals surface area contributed by atoms with Crippen molar-refractivity contribution in [3.8, 4) is 0 Å². The number of rotatable bonds is 4. The molecule has 0 aliphatic rings. The topological polar surface area (TPSA) is 50.9 Å². The number of nitrogens with two attached hydrogens (primary N) is 1. The van der Waals surface area contributed by atoms with E-state index in [1.807, 2.05) is 25.1 Å². The third kappa shape index (κ3) is 2.89. The van der Waals surface area contributed by atoms with Gasteiger partial charge in [-0.1, -0.05) is 18.2 Å². The van der Waals surface area contributed by atoms with Crippen LogP contribution in [0, 0.1) is 13.8 Å². The number of benzene rings is 1. The van der Waals surface area contributed by atoms with Gasteiger partial charge in [0, 0.05) is 23.2 Å². The molecule has 0 radical (unpaired) electrons. The van der Waals surface area contributed by atoms with E-state index in [0.717, 1.165) is 28.5 Å². The summed E-state index contributed by atoms with van der Waals surface area (Å²) in [4.78, 5) is 5.77. The van der Waals surface area contributed by atoms with E-state index in [2.05, 4.69) is 30.2 Å². The average Bonchev–Trinajstić information content (AvgIpc) is 2.67. The number of nitrogens with one attached hydrogen (secondary N) is 1. The van der Waals surface area contributed by atoms with E-state index in [1.54, 1.807) is 11.3 Å². The normalized spacial score (nSPS) is 12.6. The predicted octanol–water partition coefficient (Wildman–Crippen LogP) is 3.19. The molecule has 96 valence electrons. The Bertz CT molecular complexity index is 534. The van der Waals surface area contributed by atoms with Crippen LogP contribution in [0.4, 0.5) is 5.69 Å². The van der Waals surface area contributed by atoms with Crippen LogP contribution in [0.1, 0.15) is 34.1 Å². The summed E-state index contributed by atoms with van der Waals surface area (Å²) in [5, 5.41) is 4.62. The Kier molecular flexibility index (Phi) is 3.99. The van der Waals surface area contributed by atoms with E-state index in [9.17, 15) is 0 Å². The maximum Gasteiger partial charge on any atom is 0.0900 e. The van der Waals surface area contributed by atoms with Crippen molar-refractivity contribution >= 4 is 17.0 Å². The van der Waals surface area contributed by atoms with Gasteiger partial charge < -0.3 is 11.1 Å². The van der Waals surface area contributed by atoms with Gasteiger partial charge in [-0.05, 0) is 32.4 Å².